The SMILES string of the molecule is CC(C)(C=O)NSC1=CC=C(Cl)C(C)(O)C1. The lowest BCUT2D eigenvalue weighted by molar-refractivity contribution is -0.111. The second-order valence-electron chi connectivity index (χ2n) is 4.64. The lowest BCUT2D eigenvalue weighted by Crippen LogP contribution is -2.36. The number of halogens is 1. The molecule has 1 aliphatic rings. The first-order valence-corrected chi connectivity index (χ1v) is 6.16. The van der Waals surface area contributed by atoms with E-state index in [2.05, 4.69) is 4.72 Å². The highest BCUT2D eigenvalue weighted by Gasteiger charge is 2.29. The summed E-state index contributed by atoms with van der Waals surface area (Å²) in [5.74, 6) is 0. The molecule has 0 amide bonds. The molecular weight excluding hydrogens is 246 g/mol. The Labute approximate surface area is 105 Å². The summed E-state index contributed by atoms with van der Waals surface area (Å²) in [6, 6.07) is 0. The summed E-state index contributed by atoms with van der Waals surface area (Å²) in [6.07, 6.45) is 4.83. The van der Waals surface area contributed by atoms with Crippen LogP contribution in [0.2, 0.25) is 0 Å². The molecule has 0 aliphatic heterocycles. The van der Waals surface area contributed by atoms with Crippen molar-refractivity contribution < 1.29 is 9.90 Å². The second kappa shape index (κ2) is 4.92. The van der Waals surface area contributed by atoms with Crippen molar-refractivity contribution in [2.75, 3.05) is 0 Å². The maximum absolute atomic E-state index is 10.7. The highest BCUT2D eigenvalue weighted by Crippen LogP contribution is 2.35. The topological polar surface area (TPSA) is 49.3 Å². The number of rotatable bonds is 4. The molecule has 0 bridgehead atoms. The van der Waals surface area contributed by atoms with E-state index in [-0.39, 0.29) is 0 Å². The van der Waals surface area contributed by atoms with Crippen molar-refractivity contribution in [3.8, 4) is 0 Å². The average Bonchev–Trinajstić information content (AvgIpc) is 2.20. The fraction of sp³-hybridized carbons (Fsp3) is 0.545. The number of aldehydes is 1. The number of nitrogens with one attached hydrogen (secondary N) is 1. The Morgan fingerprint density at radius 1 is 1.62 bits per heavy atom. The molecule has 0 radical (unpaired) electrons. The number of carbonyl (C=O) groups is 1. The van der Waals surface area contributed by atoms with E-state index in [1.54, 1.807) is 26.8 Å². The first-order valence-electron chi connectivity index (χ1n) is 4.96. The van der Waals surface area contributed by atoms with E-state index >= 15 is 0 Å². The number of carbonyl (C=O) groups excluding carboxylic acids is 1. The van der Waals surface area contributed by atoms with Crippen LogP contribution in [0.15, 0.2) is 22.1 Å². The quantitative estimate of drug-likeness (QED) is 0.603. The average molecular weight is 262 g/mol. The van der Waals surface area contributed by atoms with Crippen LogP contribution in [0.4, 0.5) is 0 Å². The zero-order chi connectivity index (χ0) is 12.4. The van der Waals surface area contributed by atoms with Gasteiger partial charge in [-0.2, -0.15) is 0 Å². The van der Waals surface area contributed by atoms with Gasteiger partial charge in [0.2, 0.25) is 0 Å². The highest BCUT2D eigenvalue weighted by molar-refractivity contribution is 8.01. The highest BCUT2D eigenvalue weighted by atomic mass is 35.5. The van der Waals surface area contributed by atoms with E-state index in [4.69, 9.17) is 11.6 Å². The van der Waals surface area contributed by atoms with Crippen LogP contribution in [0, 0.1) is 0 Å². The van der Waals surface area contributed by atoms with Gasteiger partial charge in [0.05, 0.1) is 5.54 Å². The molecule has 0 saturated heterocycles. The molecule has 0 heterocycles. The van der Waals surface area contributed by atoms with Crippen LogP contribution in [0.1, 0.15) is 27.2 Å². The molecule has 0 fully saturated rings. The molecule has 0 aromatic rings. The molecule has 2 N–H and O–H groups in total. The van der Waals surface area contributed by atoms with Gasteiger partial charge in [-0.15, -0.1) is 0 Å². The Bertz CT molecular complexity index is 348. The smallest absolute Gasteiger partial charge is 0.140 e. The monoisotopic (exact) mass is 261 g/mol. The summed E-state index contributed by atoms with van der Waals surface area (Å²) >= 11 is 7.22. The molecular formula is C11H16ClNO2S. The van der Waals surface area contributed by atoms with E-state index in [9.17, 15) is 9.90 Å². The lowest BCUT2D eigenvalue weighted by atomic mass is 9.97. The summed E-state index contributed by atoms with van der Waals surface area (Å²) in [4.78, 5) is 11.6. The fourth-order valence-corrected chi connectivity index (χ4v) is 2.18. The molecule has 0 aromatic carbocycles. The van der Waals surface area contributed by atoms with Crippen molar-refractivity contribution in [1.29, 1.82) is 0 Å². The zero-order valence-corrected chi connectivity index (χ0v) is 11.2. The van der Waals surface area contributed by atoms with Gasteiger partial charge in [-0.1, -0.05) is 17.7 Å². The summed E-state index contributed by atoms with van der Waals surface area (Å²) in [5.41, 5.74) is -1.59. The van der Waals surface area contributed by atoms with Crippen LogP contribution >= 0.6 is 23.5 Å². The van der Waals surface area contributed by atoms with E-state index in [1.807, 2.05) is 6.08 Å². The summed E-state index contributed by atoms with van der Waals surface area (Å²) < 4.78 is 3.03. The first kappa shape index (κ1) is 13.8. The van der Waals surface area contributed by atoms with Gasteiger partial charge in [0.25, 0.3) is 0 Å². The van der Waals surface area contributed by atoms with E-state index < -0.39 is 11.1 Å². The van der Waals surface area contributed by atoms with E-state index in [1.165, 1.54) is 11.9 Å². The molecule has 0 spiro atoms. The van der Waals surface area contributed by atoms with Crippen LogP contribution in [-0.4, -0.2) is 22.5 Å². The van der Waals surface area contributed by atoms with Crippen molar-refractivity contribution in [2.45, 2.75) is 38.3 Å². The van der Waals surface area contributed by atoms with Crippen LogP contribution < -0.4 is 4.72 Å². The van der Waals surface area contributed by atoms with Crippen molar-refractivity contribution in [3.63, 3.8) is 0 Å². The predicted molar refractivity (Wildman–Crippen MR) is 68.1 cm³/mol. The van der Waals surface area contributed by atoms with Gasteiger partial charge in [0, 0.05) is 16.4 Å². The zero-order valence-electron chi connectivity index (χ0n) is 9.58. The Morgan fingerprint density at radius 2 is 2.25 bits per heavy atom. The second-order valence-corrected chi connectivity index (χ2v) is 5.98. The van der Waals surface area contributed by atoms with E-state index in [0.29, 0.717) is 11.5 Å². The molecule has 1 atom stereocenters. The minimum Gasteiger partial charge on any atom is -0.384 e. The van der Waals surface area contributed by atoms with Gasteiger partial charge < -0.3 is 9.90 Å². The van der Waals surface area contributed by atoms with Crippen molar-refractivity contribution >= 4 is 29.8 Å². The normalized spacial score (nSPS) is 26.1. The Balaban J connectivity index is 2.62. The fourth-order valence-electron chi connectivity index (χ4n) is 1.12. The first-order chi connectivity index (χ1) is 7.27. The Morgan fingerprint density at radius 3 is 2.75 bits per heavy atom. The molecule has 1 aliphatic carbocycles. The summed E-state index contributed by atoms with van der Waals surface area (Å²) in [5, 5.41) is 10.4. The van der Waals surface area contributed by atoms with Gasteiger partial charge in [-0.05, 0) is 38.8 Å². The van der Waals surface area contributed by atoms with Gasteiger partial charge in [-0.25, -0.2) is 4.72 Å². The summed E-state index contributed by atoms with van der Waals surface area (Å²) in [6.45, 7) is 5.25. The molecule has 5 heteroatoms. The number of hydrogen-bond donors (Lipinski definition) is 2. The largest absolute Gasteiger partial charge is 0.384 e. The number of hydrogen-bond acceptors (Lipinski definition) is 4. The van der Waals surface area contributed by atoms with Gasteiger partial charge in [0.1, 0.15) is 11.9 Å². The van der Waals surface area contributed by atoms with Gasteiger partial charge in [-0.3, -0.25) is 0 Å². The standard InChI is InChI=1S/C11H16ClNO2S/c1-10(2,7-14)13-16-8-4-5-9(12)11(3,15)6-8/h4-5,7,13,15H,6H2,1-3H3. The van der Waals surface area contributed by atoms with E-state index in [0.717, 1.165) is 11.2 Å². The lowest BCUT2D eigenvalue weighted by Gasteiger charge is -2.28. The summed E-state index contributed by atoms with van der Waals surface area (Å²) in [7, 11) is 0. The molecule has 0 saturated carbocycles. The minimum absolute atomic E-state index is 0.437. The van der Waals surface area contributed by atoms with Crippen LogP contribution in [0.5, 0.6) is 0 Å². The number of aliphatic hydroxyl groups is 1. The Hall–Kier alpha value is -0.290. The number of allylic oxidation sites excluding steroid dienone is 2. The third-order valence-electron chi connectivity index (χ3n) is 2.19. The van der Waals surface area contributed by atoms with Gasteiger partial charge >= 0.3 is 0 Å². The van der Waals surface area contributed by atoms with Crippen LogP contribution in [-0.2, 0) is 4.79 Å². The maximum atomic E-state index is 10.7. The molecule has 3 nitrogen and oxygen atoms in total. The van der Waals surface area contributed by atoms with Gasteiger partial charge in [0.15, 0.2) is 0 Å². The third kappa shape index (κ3) is 3.63. The van der Waals surface area contributed by atoms with Crippen LogP contribution in [0.25, 0.3) is 0 Å². The molecule has 1 rings (SSSR count). The molecule has 90 valence electrons. The Kier molecular flexibility index (Phi) is 4.23. The molecule has 1 unspecified atom stereocenters. The maximum Gasteiger partial charge on any atom is 0.140 e. The van der Waals surface area contributed by atoms with Crippen molar-refractivity contribution in [2.24, 2.45) is 0 Å². The molecule has 0 aromatic heterocycles. The predicted octanol–water partition coefficient (Wildman–Crippen LogP) is 2.36. The van der Waals surface area contributed by atoms with Crippen molar-refractivity contribution in [1.82, 2.24) is 4.72 Å². The molecule has 16 heavy (non-hydrogen) atoms. The van der Waals surface area contributed by atoms with Crippen molar-refractivity contribution in [3.05, 3.63) is 22.1 Å². The third-order valence-corrected chi connectivity index (χ3v) is 3.89. The minimum atomic E-state index is -1.01. The van der Waals surface area contributed by atoms with Crippen LogP contribution in [0.3, 0.4) is 0 Å².